The predicted octanol–water partition coefficient (Wildman–Crippen LogP) is 4.82. The molecule has 0 amide bonds. The Morgan fingerprint density at radius 1 is 1.08 bits per heavy atom. The molecule has 0 aliphatic heterocycles. The lowest BCUT2D eigenvalue weighted by atomic mass is 9.82. The molecule has 1 aromatic carbocycles. The van der Waals surface area contributed by atoms with Crippen molar-refractivity contribution in [2.75, 3.05) is 13.2 Å². The van der Waals surface area contributed by atoms with Crippen LogP contribution in [0.5, 0.6) is 11.5 Å². The number of terminal acetylenes is 1. The highest BCUT2D eigenvalue weighted by Gasteiger charge is 2.24. The highest BCUT2D eigenvalue weighted by atomic mass is 35.5. The van der Waals surface area contributed by atoms with E-state index in [2.05, 4.69) is 51.9 Å². The molecule has 0 aromatic heterocycles. The fraction of sp³-hybridized carbons (Fsp3) is 0.600. The summed E-state index contributed by atoms with van der Waals surface area (Å²) in [6, 6.07) is 6.00. The predicted molar refractivity (Wildman–Crippen MR) is 104 cm³/mol. The molecule has 1 N–H and O–H groups in total. The van der Waals surface area contributed by atoms with E-state index < -0.39 is 0 Å². The SMILES string of the molecule is C#CCOc1ccc(CNC(C)(C)CC(C)(C)C)cc1OCC.Cl. The summed E-state index contributed by atoms with van der Waals surface area (Å²) in [6.07, 6.45) is 6.35. The molecule has 136 valence electrons. The molecule has 0 atom stereocenters. The molecule has 0 saturated carbocycles. The van der Waals surface area contributed by atoms with Crippen molar-refractivity contribution >= 4 is 12.4 Å². The van der Waals surface area contributed by atoms with Gasteiger partial charge in [0.05, 0.1) is 6.61 Å². The van der Waals surface area contributed by atoms with Crippen molar-refractivity contribution in [2.45, 2.75) is 60.0 Å². The number of ether oxygens (including phenoxy) is 2. The van der Waals surface area contributed by atoms with Crippen molar-refractivity contribution in [1.29, 1.82) is 0 Å². The summed E-state index contributed by atoms with van der Waals surface area (Å²) >= 11 is 0. The van der Waals surface area contributed by atoms with Gasteiger partial charge in [-0.1, -0.05) is 32.8 Å². The maximum atomic E-state index is 5.67. The summed E-state index contributed by atoms with van der Waals surface area (Å²) in [4.78, 5) is 0. The normalized spacial score (nSPS) is 11.4. The van der Waals surface area contributed by atoms with E-state index in [1.165, 1.54) is 5.56 Å². The van der Waals surface area contributed by atoms with Gasteiger partial charge in [-0.25, -0.2) is 0 Å². The van der Waals surface area contributed by atoms with Gasteiger partial charge in [-0.05, 0) is 50.3 Å². The van der Waals surface area contributed by atoms with Gasteiger partial charge in [0.2, 0.25) is 0 Å². The number of halogens is 1. The molecule has 0 bridgehead atoms. The largest absolute Gasteiger partial charge is 0.490 e. The third-order valence-electron chi connectivity index (χ3n) is 3.36. The van der Waals surface area contributed by atoms with Gasteiger partial charge in [-0.3, -0.25) is 0 Å². The van der Waals surface area contributed by atoms with Crippen LogP contribution < -0.4 is 14.8 Å². The quantitative estimate of drug-likeness (QED) is 0.679. The molecule has 0 heterocycles. The second-order valence-corrected chi connectivity index (χ2v) is 7.68. The lowest BCUT2D eigenvalue weighted by molar-refractivity contribution is 0.240. The van der Waals surface area contributed by atoms with Crippen molar-refractivity contribution in [3.05, 3.63) is 23.8 Å². The van der Waals surface area contributed by atoms with E-state index in [1.54, 1.807) is 0 Å². The van der Waals surface area contributed by atoms with Crippen LogP contribution in [0.3, 0.4) is 0 Å². The van der Waals surface area contributed by atoms with Gasteiger partial charge in [0.15, 0.2) is 11.5 Å². The van der Waals surface area contributed by atoms with Crippen LogP contribution in [0.25, 0.3) is 0 Å². The molecule has 0 saturated heterocycles. The summed E-state index contributed by atoms with van der Waals surface area (Å²) in [5.41, 5.74) is 1.53. The minimum atomic E-state index is 0. The molecule has 0 aliphatic carbocycles. The summed E-state index contributed by atoms with van der Waals surface area (Å²) in [7, 11) is 0. The number of hydrogen-bond donors (Lipinski definition) is 1. The number of rotatable bonds is 8. The Balaban J connectivity index is 0.00000529. The Kier molecular flexibility index (Phi) is 9.25. The summed E-state index contributed by atoms with van der Waals surface area (Å²) in [5.74, 6) is 3.92. The minimum Gasteiger partial charge on any atom is -0.490 e. The average molecular weight is 354 g/mol. The molecule has 0 radical (unpaired) electrons. The monoisotopic (exact) mass is 353 g/mol. The van der Waals surface area contributed by atoms with Crippen molar-refractivity contribution < 1.29 is 9.47 Å². The van der Waals surface area contributed by atoms with Crippen molar-refractivity contribution in [2.24, 2.45) is 5.41 Å². The molecular formula is C20H32ClNO2. The van der Waals surface area contributed by atoms with Gasteiger partial charge in [-0.15, -0.1) is 18.8 Å². The first-order chi connectivity index (χ1) is 10.7. The molecule has 4 heteroatoms. The molecule has 24 heavy (non-hydrogen) atoms. The van der Waals surface area contributed by atoms with Crippen LogP contribution >= 0.6 is 12.4 Å². The Bertz CT molecular complexity index is 542. The van der Waals surface area contributed by atoms with E-state index in [9.17, 15) is 0 Å². The zero-order valence-corrected chi connectivity index (χ0v) is 16.7. The van der Waals surface area contributed by atoms with Gasteiger partial charge < -0.3 is 14.8 Å². The van der Waals surface area contributed by atoms with Crippen LogP contribution in [0.4, 0.5) is 0 Å². The molecule has 0 spiro atoms. The topological polar surface area (TPSA) is 30.5 Å². The van der Waals surface area contributed by atoms with Crippen LogP contribution in [-0.4, -0.2) is 18.8 Å². The number of benzene rings is 1. The van der Waals surface area contributed by atoms with Crippen molar-refractivity contribution in [3.63, 3.8) is 0 Å². The average Bonchev–Trinajstić information content (AvgIpc) is 2.42. The summed E-state index contributed by atoms with van der Waals surface area (Å²) in [5, 5.41) is 3.64. The molecule has 0 fully saturated rings. The smallest absolute Gasteiger partial charge is 0.162 e. The fourth-order valence-electron chi connectivity index (χ4n) is 2.90. The molecular weight excluding hydrogens is 322 g/mol. The highest BCUT2D eigenvalue weighted by molar-refractivity contribution is 5.85. The molecule has 1 rings (SSSR count). The van der Waals surface area contributed by atoms with Gasteiger partial charge >= 0.3 is 0 Å². The zero-order valence-electron chi connectivity index (χ0n) is 15.9. The number of nitrogens with one attached hydrogen (secondary N) is 1. The van der Waals surface area contributed by atoms with Crippen LogP contribution in [0, 0.1) is 17.8 Å². The first-order valence-electron chi connectivity index (χ1n) is 8.24. The standard InChI is InChI=1S/C20H31NO2.ClH/c1-8-12-23-17-11-10-16(13-18(17)22-9-2)14-21-20(6,7)15-19(3,4)5;/h1,10-11,13,21H,9,12,14-15H2,2-7H3;1H. The summed E-state index contributed by atoms with van der Waals surface area (Å²) < 4.78 is 11.2. The molecule has 1 aromatic rings. The molecule has 3 nitrogen and oxygen atoms in total. The Hall–Kier alpha value is -1.37. The second-order valence-electron chi connectivity index (χ2n) is 7.68. The van der Waals surface area contributed by atoms with Gasteiger partial charge in [0.1, 0.15) is 6.61 Å². The van der Waals surface area contributed by atoms with E-state index >= 15 is 0 Å². The van der Waals surface area contributed by atoms with E-state index in [-0.39, 0.29) is 24.6 Å². The lowest BCUT2D eigenvalue weighted by Crippen LogP contribution is -2.41. The Morgan fingerprint density at radius 3 is 2.29 bits per heavy atom. The highest BCUT2D eigenvalue weighted by Crippen LogP contribution is 2.30. The Morgan fingerprint density at radius 2 is 1.75 bits per heavy atom. The Labute approximate surface area is 153 Å². The summed E-state index contributed by atoms with van der Waals surface area (Å²) in [6.45, 7) is 14.9. The van der Waals surface area contributed by atoms with Crippen LogP contribution in [0.2, 0.25) is 0 Å². The third-order valence-corrected chi connectivity index (χ3v) is 3.36. The van der Waals surface area contributed by atoms with Gasteiger partial charge in [0.25, 0.3) is 0 Å². The number of hydrogen-bond acceptors (Lipinski definition) is 3. The van der Waals surface area contributed by atoms with Gasteiger partial charge in [0, 0.05) is 12.1 Å². The lowest BCUT2D eigenvalue weighted by Gasteiger charge is -2.33. The van der Waals surface area contributed by atoms with E-state index in [0.717, 1.165) is 18.7 Å². The maximum absolute atomic E-state index is 5.67. The minimum absolute atomic E-state index is 0. The first-order valence-corrected chi connectivity index (χ1v) is 8.24. The first kappa shape index (κ1) is 22.6. The zero-order chi connectivity index (χ0) is 17.5. The van der Waals surface area contributed by atoms with Crippen LogP contribution in [0.1, 0.15) is 53.5 Å². The third kappa shape index (κ3) is 8.47. The fourth-order valence-corrected chi connectivity index (χ4v) is 2.90. The van der Waals surface area contributed by atoms with E-state index in [1.807, 2.05) is 19.1 Å². The van der Waals surface area contributed by atoms with E-state index in [0.29, 0.717) is 17.8 Å². The van der Waals surface area contributed by atoms with Gasteiger partial charge in [-0.2, -0.15) is 0 Å². The van der Waals surface area contributed by atoms with Crippen LogP contribution in [0.15, 0.2) is 18.2 Å². The molecule has 0 unspecified atom stereocenters. The maximum Gasteiger partial charge on any atom is 0.162 e. The molecule has 0 aliphatic rings. The van der Waals surface area contributed by atoms with E-state index in [4.69, 9.17) is 15.9 Å². The second kappa shape index (κ2) is 9.81. The van der Waals surface area contributed by atoms with Crippen molar-refractivity contribution in [1.82, 2.24) is 5.32 Å². The van der Waals surface area contributed by atoms with Crippen LogP contribution in [-0.2, 0) is 6.54 Å². The van der Waals surface area contributed by atoms with Crippen molar-refractivity contribution in [3.8, 4) is 23.8 Å².